The number of hydrogen-bond donors (Lipinski definition) is 1. The molecule has 3 nitrogen and oxygen atoms in total. The van der Waals surface area contributed by atoms with E-state index in [0.717, 1.165) is 19.3 Å². The number of carbonyl (C=O) groups excluding carboxylic acids is 1. The zero-order valence-corrected chi connectivity index (χ0v) is 10.5. The minimum Gasteiger partial charge on any atom is -0.462 e. The van der Waals surface area contributed by atoms with E-state index in [2.05, 4.69) is 13.0 Å². The zero-order valence-electron chi connectivity index (χ0n) is 10.5. The molecule has 94 valence electrons. The van der Waals surface area contributed by atoms with Crippen molar-refractivity contribution in [2.24, 2.45) is 23.2 Å². The number of fused-ring (bicyclic) bond motifs is 3. The topological polar surface area (TPSA) is 46.5 Å². The average molecular weight is 236 g/mol. The standard InChI is InChI=1S/C14H20O3/c1-9-3-4-11-10(7-9)5-6-14(16)8-17-12(15)13(11,14)2/h5-6,9-11,16H,3-4,7-8H2,1-2H3/t9-,10-,11-,13-,14-/m0/s1. The Morgan fingerprint density at radius 3 is 3.00 bits per heavy atom. The lowest BCUT2D eigenvalue weighted by atomic mass is 9.54. The maximum Gasteiger partial charge on any atom is 0.315 e. The van der Waals surface area contributed by atoms with Gasteiger partial charge in [-0.1, -0.05) is 25.5 Å². The second kappa shape index (κ2) is 3.35. The van der Waals surface area contributed by atoms with Gasteiger partial charge in [0.1, 0.15) is 17.6 Å². The minimum absolute atomic E-state index is 0.123. The van der Waals surface area contributed by atoms with E-state index in [9.17, 15) is 9.90 Å². The number of cyclic esters (lactones) is 1. The van der Waals surface area contributed by atoms with Crippen LogP contribution in [0.2, 0.25) is 0 Å². The summed E-state index contributed by atoms with van der Waals surface area (Å²) >= 11 is 0. The van der Waals surface area contributed by atoms with Crippen LogP contribution >= 0.6 is 0 Å². The van der Waals surface area contributed by atoms with Crippen molar-refractivity contribution in [2.75, 3.05) is 6.61 Å². The molecular formula is C14H20O3. The third-order valence-corrected chi connectivity index (χ3v) is 5.27. The van der Waals surface area contributed by atoms with Gasteiger partial charge in [0.15, 0.2) is 0 Å². The van der Waals surface area contributed by atoms with Crippen molar-refractivity contribution in [1.29, 1.82) is 0 Å². The smallest absolute Gasteiger partial charge is 0.315 e. The number of aliphatic hydroxyl groups is 1. The molecule has 0 aromatic carbocycles. The second-order valence-electron chi connectivity index (χ2n) is 6.25. The van der Waals surface area contributed by atoms with Crippen LogP contribution in [-0.4, -0.2) is 23.3 Å². The first-order valence-corrected chi connectivity index (χ1v) is 6.56. The lowest BCUT2D eigenvalue weighted by Crippen LogP contribution is -2.55. The highest BCUT2D eigenvalue weighted by atomic mass is 16.6. The zero-order chi connectivity index (χ0) is 12.3. The van der Waals surface area contributed by atoms with E-state index in [1.165, 1.54) is 0 Å². The summed E-state index contributed by atoms with van der Waals surface area (Å²) < 4.78 is 5.14. The first-order valence-electron chi connectivity index (χ1n) is 6.56. The van der Waals surface area contributed by atoms with Crippen LogP contribution in [0.1, 0.15) is 33.1 Å². The number of esters is 1. The lowest BCUT2D eigenvalue weighted by molar-refractivity contribution is -0.154. The molecule has 0 bridgehead atoms. The van der Waals surface area contributed by atoms with Crippen LogP contribution in [0.3, 0.4) is 0 Å². The molecule has 17 heavy (non-hydrogen) atoms. The highest BCUT2D eigenvalue weighted by Crippen LogP contribution is 2.56. The molecule has 1 heterocycles. The predicted molar refractivity (Wildman–Crippen MR) is 63.2 cm³/mol. The molecule has 2 fully saturated rings. The molecule has 0 unspecified atom stereocenters. The summed E-state index contributed by atoms with van der Waals surface area (Å²) in [6.07, 6.45) is 7.22. The Morgan fingerprint density at radius 1 is 1.47 bits per heavy atom. The molecule has 1 saturated heterocycles. The van der Waals surface area contributed by atoms with Crippen LogP contribution in [0.15, 0.2) is 12.2 Å². The van der Waals surface area contributed by atoms with Gasteiger partial charge < -0.3 is 9.84 Å². The summed E-state index contributed by atoms with van der Waals surface area (Å²) in [7, 11) is 0. The van der Waals surface area contributed by atoms with Gasteiger partial charge in [-0.3, -0.25) is 4.79 Å². The Hall–Kier alpha value is -0.830. The molecule has 0 aromatic heterocycles. The molecule has 0 aromatic rings. The summed E-state index contributed by atoms with van der Waals surface area (Å²) in [5.74, 6) is 1.17. The Labute approximate surface area is 102 Å². The summed E-state index contributed by atoms with van der Waals surface area (Å²) in [6, 6.07) is 0. The van der Waals surface area contributed by atoms with Gasteiger partial charge >= 0.3 is 5.97 Å². The van der Waals surface area contributed by atoms with E-state index in [0.29, 0.717) is 11.8 Å². The van der Waals surface area contributed by atoms with Gasteiger partial charge in [0.2, 0.25) is 0 Å². The molecule has 1 aliphatic heterocycles. The van der Waals surface area contributed by atoms with E-state index in [4.69, 9.17) is 4.74 Å². The van der Waals surface area contributed by atoms with Crippen LogP contribution in [0.4, 0.5) is 0 Å². The van der Waals surface area contributed by atoms with Crippen molar-refractivity contribution in [2.45, 2.75) is 38.7 Å². The summed E-state index contributed by atoms with van der Waals surface area (Å²) in [5.41, 5.74) is -1.81. The van der Waals surface area contributed by atoms with E-state index in [1.807, 2.05) is 13.0 Å². The Morgan fingerprint density at radius 2 is 2.24 bits per heavy atom. The first-order chi connectivity index (χ1) is 7.97. The highest BCUT2D eigenvalue weighted by molar-refractivity contribution is 5.82. The quantitative estimate of drug-likeness (QED) is 0.516. The maximum atomic E-state index is 12.1. The fourth-order valence-corrected chi connectivity index (χ4v) is 3.98. The summed E-state index contributed by atoms with van der Waals surface area (Å²) in [5, 5.41) is 10.6. The molecule has 5 atom stereocenters. The van der Waals surface area contributed by atoms with Gasteiger partial charge in [-0.2, -0.15) is 0 Å². The van der Waals surface area contributed by atoms with Crippen molar-refractivity contribution in [3.05, 3.63) is 12.2 Å². The van der Waals surface area contributed by atoms with Crippen LogP contribution < -0.4 is 0 Å². The normalized spacial score (nSPS) is 52.9. The van der Waals surface area contributed by atoms with Crippen LogP contribution in [0, 0.1) is 23.2 Å². The second-order valence-corrected chi connectivity index (χ2v) is 6.25. The van der Waals surface area contributed by atoms with E-state index in [1.54, 1.807) is 0 Å². The SMILES string of the molecule is C[C@H]1CC[C@H]2[C@@H](C=C[C@]3(O)COC(=O)[C@]23C)C1. The van der Waals surface area contributed by atoms with Crippen LogP contribution in [0.25, 0.3) is 0 Å². The van der Waals surface area contributed by atoms with Gasteiger partial charge in [0, 0.05) is 0 Å². The Balaban J connectivity index is 2.03. The monoisotopic (exact) mass is 236 g/mol. The predicted octanol–water partition coefficient (Wildman–Crippen LogP) is 1.90. The van der Waals surface area contributed by atoms with Crippen molar-refractivity contribution in [3.63, 3.8) is 0 Å². The van der Waals surface area contributed by atoms with Crippen molar-refractivity contribution >= 4 is 5.97 Å². The third kappa shape index (κ3) is 1.29. The van der Waals surface area contributed by atoms with Crippen molar-refractivity contribution in [1.82, 2.24) is 0 Å². The fourth-order valence-electron chi connectivity index (χ4n) is 3.98. The molecule has 3 heteroatoms. The molecule has 1 saturated carbocycles. The van der Waals surface area contributed by atoms with Gasteiger partial charge in [0.25, 0.3) is 0 Å². The average Bonchev–Trinajstić information content (AvgIpc) is 2.53. The van der Waals surface area contributed by atoms with Gasteiger partial charge in [0.05, 0.1) is 0 Å². The van der Waals surface area contributed by atoms with Crippen LogP contribution in [-0.2, 0) is 9.53 Å². The number of hydrogen-bond acceptors (Lipinski definition) is 3. The Bertz CT molecular complexity index is 389. The molecule has 2 aliphatic carbocycles. The van der Waals surface area contributed by atoms with Gasteiger partial charge in [-0.25, -0.2) is 0 Å². The third-order valence-electron chi connectivity index (χ3n) is 5.27. The van der Waals surface area contributed by atoms with Crippen LogP contribution in [0.5, 0.6) is 0 Å². The molecule has 0 amide bonds. The van der Waals surface area contributed by atoms with Crippen molar-refractivity contribution in [3.8, 4) is 0 Å². The molecule has 0 radical (unpaired) electrons. The molecule has 1 N–H and O–H groups in total. The van der Waals surface area contributed by atoms with E-state index in [-0.39, 0.29) is 18.5 Å². The molecule has 0 spiro atoms. The summed E-state index contributed by atoms with van der Waals surface area (Å²) in [6.45, 7) is 4.28. The number of allylic oxidation sites excluding steroid dienone is 1. The van der Waals surface area contributed by atoms with E-state index >= 15 is 0 Å². The summed E-state index contributed by atoms with van der Waals surface area (Å²) in [4.78, 5) is 12.1. The van der Waals surface area contributed by atoms with Gasteiger partial charge in [-0.15, -0.1) is 0 Å². The lowest BCUT2D eigenvalue weighted by Gasteiger charge is -2.48. The van der Waals surface area contributed by atoms with Crippen molar-refractivity contribution < 1.29 is 14.6 Å². The number of rotatable bonds is 0. The van der Waals surface area contributed by atoms with Gasteiger partial charge in [-0.05, 0) is 37.5 Å². The van der Waals surface area contributed by atoms with E-state index < -0.39 is 11.0 Å². The highest BCUT2D eigenvalue weighted by Gasteiger charge is 2.64. The number of ether oxygens (including phenoxy) is 1. The molecule has 3 rings (SSSR count). The Kier molecular flexibility index (Phi) is 2.22. The fraction of sp³-hybridized carbons (Fsp3) is 0.786. The largest absolute Gasteiger partial charge is 0.462 e. The minimum atomic E-state index is -1.08. The first kappa shape index (κ1) is 11.3. The number of carbonyl (C=O) groups is 1. The molecule has 3 aliphatic rings. The molecular weight excluding hydrogens is 216 g/mol. The maximum absolute atomic E-state index is 12.1.